The second kappa shape index (κ2) is 2.97. The molecule has 1 saturated heterocycles. The monoisotopic (exact) mass is 196 g/mol. The Balaban J connectivity index is 2.18. The molecule has 0 bridgehead atoms. The standard InChI is InChI=1S/C10H16N2O2/c1-10(2,7-4-3-5-7)12-8(13)6-11-9(12)14/h7H,3-6H2,1-2H3,(H,11,14). The highest BCUT2D eigenvalue weighted by Gasteiger charge is 2.46. The lowest BCUT2D eigenvalue weighted by Crippen LogP contribution is -2.54. The Morgan fingerprint density at radius 1 is 1.36 bits per heavy atom. The summed E-state index contributed by atoms with van der Waals surface area (Å²) in [5.74, 6) is 0.391. The average Bonchev–Trinajstić information content (AvgIpc) is 2.25. The van der Waals surface area contributed by atoms with Crippen LogP contribution in [0.5, 0.6) is 0 Å². The number of hydrogen-bond donors (Lipinski definition) is 1. The maximum atomic E-state index is 11.5. The second-order valence-corrected chi connectivity index (χ2v) is 4.67. The van der Waals surface area contributed by atoms with Crippen LogP contribution in [0.25, 0.3) is 0 Å². The SMILES string of the molecule is CC(C)(C1CCC1)N1C(=O)CNC1=O. The lowest BCUT2D eigenvalue weighted by Gasteiger charge is -2.44. The Kier molecular flexibility index (Phi) is 2.01. The van der Waals surface area contributed by atoms with Crippen molar-refractivity contribution in [3.8, 4) is 0 Å². The van der Waals surface area contributed by atoms with Gasteiger partial charge in [-0.2, -0.15) is 0 Å². The summed E-state index contributed by atoms with van der Waals surface area (Å²) in [5, 5.41) is 2.57. The van der Waals surface area contributed by atoms with Gasteiger partial charge in [0.25, 0.3) is 5.91 Å². The largest absolute Gasteiger partial charge is 0.329 e. The third-order valence-corrected chi connectivity index (χ3v) is 3.52. The number of hydrogen-bond acceptors (Lipinski definition) is 2. The van der Waals surface area contributed by atoms with Crippen molar-refractivity contribution >= 4 is 11.9 Å². The molecule has 3 amide bonds. The summed E-state index contributed by atoms with van der Waals surface area (Å²) in [6.45, 7) is 4.13. The van der Waals surface area contributed by atoms with E-state index in [0.29, 0.717) is 5.92 Å². The molecule has 1 aliphatic heterocycles. The summed E-state index contributed by atoms with van der Waals surface area (Å²) in [7, 11) is 0. The molecular weight excluding hydrogens is 180 g/mol. The van der Waals surface area contributed by atoms with Crippen molar-refractivity contribution in [3.05, 3.63) is 0 Å². The van der Waals surface area contributed by atoms with Crippen LogP contribution in [0, 0.1) is 5.92 Å². The first-order chi connectivity index (χ1) is 6.53. The van der Waals surface area contributed by atoms with Crippen LogP contribution >= 0.6 is 0 Å². The van der Waals surface area contributed by atoms with E-state index in [-0.39, 0.29) is 24.0 Å². The van der Waals surface area contributed by atoms with Crippen molar-refractivity contribution in [1.29, 1.82) is 0 Å². The fourth-order valence-corrected chi connectivity index (χ4v) is 2.30. The van der Waals surface area contributed by atoms with Crippen LogP contribution in [0.15, 0.2) is 0 Å². The zero-order chi connectivity index (χ0) is 10.3. The summed E-state index contributed by atoms with van der Waals surface area (Å²) < 4.78 is 0. The first-order valence-corrected chi connectivity index (χ1v) is 5.14. The summed E-state index contributed by atoms with van der Waals surface area (Å²) in [6.07, 6.45) is 3.48. The van der Waals surface area contributed by atoms with Gasteiger partial charge in [0.2, 0.25) is 0 Å². The lowest BCUT2D eigenvalue weighted by atomic mass is 9.72. The summed E-state index contributed by atoms with van der Waals surface area (Å²) in [4.78, 5) is 24.4. The molecule has 1 aliphatic carbocycles. The van der Waals surface area contributed by atoms with Crippen molar-refractivity contribution in [2.45, 2.75) is 38.6 Å². The van der Waals surface area contributed by atoms with E-state index < -0.39 is 0 Å². The van der Waals surface area contributed by atoms with E-state index in [2.05, 4.69) is 5.32 Å². The number of amides is 3. The Hall–Kier alpha value is -1.06. The molecule has 1 N–H and O–H groups in total. The summed E-state index contributed by atoms with van der Waals surface area (Å²) >= 11 is 0. The van der Waals surface area contributed by atoms with E-state index >= 15 is 0 Å². The molecule has 4 nitrogen and oxygen atoms in total. The van der Waals surface area contributed by atoms with Gasteiger partial charge in [0.1, 0.15) is 0 Å². The first kappa shape index (κ1) is 9.49. The fourth-order valence-electron chi connectivity index (χ4n) is 2.30. The van der Waals surface area contributed by atoms with E-state index in [1.165, 1.54) is 11.3 Å². The maximum Gasteiger partial charge on any atom is 0.325 e. The molecule has 2 aliphatic rings. The number of nitrogens with zero attached hydrogens (tertiary/aromatic N) is 1. The van der Waals surface area contributed by atoms with Gasteiger partial charge in [-0.3, -0.25) is 9.69 Å². The number of nitrogens with one attached hydrogen (secondary N) is 1. The second-order valence-electron chi connectivity index (χ2n) is 4.67. The van der Waals surface area contributed by atoms with Gasteiger partial charge in [-0.15, -0.1) is 0 Å². The van der Waals surface area contributed by atoms with Gasteiger partial charge in [-0.1, -0.05) is 6.42 Å². The quantitative estimate of drug-likeness (QED) is 0.673. The highest BCUT2D eigenvalue weighted by Crippen LogP contribution is 2.40. The molecule has 0 aromatic carbocycles. The van der Waals surface area contributed by atoms with Gasteiger partial charge in [-0.05, 0) is 32.6 Å². The normalized spacial score (nSPS) is 23.7. The van der Waals surface area contributed by atoms with E-state index in [1.54, 1.807) is 0 Å². The van der Waals surface area contributed by atoms with Crippen LogP contribution in [0.3, 0.4) is 0 Å². The van der Waals surface area contributed by atoms with Crippen LogP contribution in [-0.4, -0.2) is 28.9 Å². The molecule has 1 heterocycles. The van der Waals surface area contributed by atoms with Crippen LogP contribution in [-0.2, 0) is 4.79 Å². The molecule has 78 valence electrons. The van der Waals surface area contributed by atoms with E-state index in [0.717, 1.165) is 12.8 Å². The van der Waals surface area contributed by atoms with Crippen molar-refractivity contribution in [1.82, 2.24) is 10.2 Å². The molecular formula is C10H16N2O2. The third kappa shape index (κ3) is 1.21. The third-order valence-electron chi connectivity index (χ3n) is 3.52. The average molecular weight is 196 g/mol. The Labute approximate surface area is 83.6 Å². The Bertz CT molecular complexity index is 266. The molecule has 14 heavy (non-hydrogen) atoms. The van der Waals surface area contributed by atoms with Crippen molar-refractivity contribution in [3.63, 3.8) is 0 Å². The fraction of sp³-hybridized carbons (Fsp3) is 0.800. The van der Waals surface area contributed by atoms with Crippen molar-refractivity contribution in [2.75, 3.05) is 6.54 Å². The smallest absolute Gasteiger partial charge is 0.325 e. The Morgan fingerprint density at radius 3 is 2.36 bits per heavy atom. The van der Waals surface area contributed by atoms with E-state index in [1.807, 2.05) is 13.8 Å². The minimum absolute atomic E-state index is 0.0908. The predicted molar refractivity (Wildman–Crippen MR) is 51.7 cm³/mol. The van der Waals surface area contributed by atoms with Gasteiger partial charge in [0, 0.05) is 5.54 Å². The highest BCUT2D eigenvalue weighted by molar-refractivity contribution is 6.02. The van der Waals surface area contributed by atoms with E-state index in [9.17, 15) is 9.59 Å². The molecule has 0 aromatic heterocycles. The molecule has 2 fully saturated rings. The van der Waals surface area contributed by atoms with E-state index in [4.69, 9.17) is 0 Å². The zero-order valence-electron chi connectivity index (χ0n) is 8.67. The van der Waals surface area contributed by atoms with Gasteiger partial charge in [0.05, 0.1) is 6.54 Å². The molecule has 0 radical (unpaired) electrons. The van der Waals surface area contributed by atoms with Gasteiger partial charge >= 0.3 is 6.03 Å². The van der Waals surface area contributed by atoms with Crippen LogP contribution in [0.2, 0.25) is 0 Å². The summed E-state index contributed by atoms with van der Waals surface area (Å²) in [6, 6.07) is -0.230. The predicted octanol–water partition coefficient (Wildman–Crippen LogP) is 1.12. The minimum Gasteiger partial charge on any atom is -0.329 e. The molecule has 0 atom stereocenters. The van der Waals surface area contributed by atoms with Crippen molar-refractivity contribution < 1.29 is 9.59 Å². The zero-order valence-corrected chi connectivity index (χ0v) is 8.67. The molecule has 1 saturated carbocycles. The first-order valence-electron chi connectivity index (χ1n) is 5.14. The number of carbonyl (C=O) groups is 2. The molecule has 0 unspecified atom stereocenters. The topological polar surface area (TPSA) is 49.4 Å². The molecule has 0 aromatic rings. The highest BCUT2D eigenvalue weighted by atomic mass is 16.2. The maximum absolute atomic E-state index is 11.5. The van der Waals surface area contributed by atoms with Gasteiger partial charge < -0.3 is 5.32 Å². The van der Waals surface area contributed by atoms with Gasteiger partial charge in [0.15, 0.2) is 0 Å². The van der Waals surface area contributed by atoms with Crippen molar-refractivity contribution in [2.24, 2.45) is 5.92 Å². The number of imide groups is 1. The number of carbonyl (C=O) groups excluding carboxylic acids is 2. The minimum atomic E-state index is -0.310. The Morgan fingerprint density at radius 2 is 2.00 bits per heavy atom. The molecule has 4 heteroatoms. The van der Waals surface area contributed by atoms with Crippen LogP contribution in [0.1, 0.15) is 33.1 Å². The number of rotatable bonds is 2. The molecule has 0 spiro atoms. The number of urea groups is 1. The van der Waals surface area contributed by atoms with Gasteiger partial charge in [-0.25, -0.2) is 4.79 Å². The molecule has 2 rings (SSSR count). The summed E-state index contributed by atoms with van der Waals surface area (Å²) in [5.41, 5.74) is -0.310. The van der Waals surface area contributed by atoms with Crippen LogP contribution in [0.4, 0.5) is 4.79 Å². The lowest BCUT2D eigenvalue weighted by molar-refractivity contribution is -0.130. The van der Waals surface area contributed by atoms with Crippen LogP contribution < -0.4 is 5.32 Å².